The maximum absolute atomic E-state index is 10.3. The Labute approximate surface area is 252 Å². The fourth-order valence-corrected chi connectivity index (χ4v) is 10.8. The Morgan fingerprint density at radius 2 is 1.88 bits per heavy atom. The molecule has 8 heteroatoms. The Bertz CT molecular complexity index is 1000. The predicted octanol–water partition coefficient (Wildman–Crippen LogP) is 3.99. The first kappa shape index (κ1) is 31.4. The zero-order chi connectivity index (χ0) is 30.0. The fourth-order valence-electron chi connectivity index (χ4n) is 10.8. The molecule has 6 aliphatic rings. The summed E-state index contributed by atoms with van der Waals surface area (Å²) in [6, 6.07) is 0. The maximum Gasteiger partial charge on any atom is 0.186 e. The van der Waals surface area contributed by atoms with Crippen LogP contribution < -0.4 is 0 Å². The predicted molar refractivity (Wildman–Crippen MR) is 157 cm³/mol. The van der Waals surface area contributed by atoms with E-state index in [1.54, 1.807) is 12.7 Å². The Balaban J connectivity index is 1.08. The van der Waals surface area contributed by atoms with Gasteiger partial charge >= 0.3 is 0 Å². The van der Waals surface area contributed by atoms with Crippen molar-refractivity contribution in [3.05, 3.63) is 18.1 Å². The Morgan fingerprint density at radius 3 is 2.62 bits per heavy atom. The third kappa shape index (κ3) is 4.86. The van der Waals surface area contributed by atoms with Gasteiger partial charge in [-0.1, -0.05) is 39.3 Å². The van der Waals surface area contributed by atoms with Crippen LogP contribution in [0.15, 0.2) is 11.6 Å². The van der Waals surface area contributed by atoms with Gasteiger partial charge in [-0.2, -0.15) is 0 Å². The molecule has 15 atom stereocenters. The highest BCUT2D eigenvalue weighted by Gasteiger charge is 2.68. The molecule has 0 amide bonds. The molecule has 6 rings (SSSR count). The average Bonchev–Trinajstić information content (AvgIpc) is 3.44. The first-order valence-corrected chi connectivity index (χ1v) is 16.7. The molecule has 0 unspecified atom stereocenters. The van der Waals surface area contributed by atoms with Crippen LogP contribution in [0.4, 0.5) is 0 Å². The number of hydrogen-bond donors (Lipinski definition) is 4. The number of aliphatic hydroxyl groups excluding tert-OH is 4. The normalized spacial score (nSPS) is 52.6. The highest BCUT2D eigenvalue weighted by atomic mass is 16.7. The van der Waals surface area contributed by atoms with Crippen LogP contribution in [0.1, 0.15) is 85.5 Å². The summed E-state index contributed by atoms with van der Waals surface area (Å²) in [5.41, 5.74) is 2.36. The molecule has 2 saturated heterocycles. The molecule has 2 heterocycles. The van der Waals surface area contributed by atoms with E-state index in [9.17, 15) is 20.4 Å². The molecule has 5 fully saturated rings. The summed E-state index contributed by atoms with van der Waals surface area (Å²) in [6.07, 6.45) is 9.36. The van der Waals surface area contributed by atoms with E-state index >= 15 is 0 Å². The Kier molecular flexibility index (Phi) is 8.71. The first-order chi connectivity index (χ1) is 20.0. The summed E-state index contributed by atoms with van der Waals surface area (Å²) < 4.78 is 24.6. The fraction of sp³-hybridized carbons (Fsp3) is 0.912. The second-order valence-corrected chi connectivity index (χ2v) is 15.2. The van der Waals surface area contributed by atoms with Gasteiger partial charge in [0.1, 0.15) is 24.4 Å². The number of rotatable bonds is 8. The second kappa shape index (κ2) is 11.7. The van der Waals surface area contributed by atoms with Gasteiger partial charge in [-0.3, -0.25) is 0 Å². The van der Waals surface area contributed by atoms with Gasteiger partial charge in [0.25, 0.3) is 0 Å². The molecule has 0 aromatic carbocycles. The molecule has 2 aliphatic heterocycles. The van der Waals surface area contributed by atoms with Gasteiger partial charge in [0.05, 0.1) is 19.3 Å². The minimum absolute atomic E-state index is 0.121. The lowest BCUT2D eigenvalue weighted by atomic mass is 9.47. The number of fused-ring (bicyclic) bond motifs is 7. The van der Waals surface area contributed by atoms with Crippen molar-refractivity contribution in [1.82, 2.24) is 0 Å². The summed E-state index contributed by atoms with van der Waals surface area (Å²) in [4.78, 5) is 0. The van der Waals surface area contributed by atoms with Crippen LogP contribution in [-0.2, 0) is 18.9 Å². The zero-order valence-electron chi connectivity index (χ0n) is 26.3. The topological polar surface area (TPSA) is 118 Å². The van der Waals surface area contributed by atoms with Crippen molar-refractivity contribution in [2.45, 2.75) is 128 Å². The molecule has 239 valence electrons. The lowest BCUT2D eigenvalue weighted by Gasteiger charge is -2.58. The van der Waals surface area contributed by atoms with Gasteiger partial charge in [0, 0.05) is 19.4 Å². The molecule has 3 saturated carbocycles. The van der Waals surface area contributed by atoms with Crippen LogP contribution in [0.3, 0.4) is 0 Å². The Hall–Kier alpha value is -0.580. The molecule has 42 heavy (non-hydrogen) atoms. The first-order valence-electron chi connectivity index (χ1n) is 16.7. The second-order valence-electron chi connectivity index (χ2n) is 15.2. The molecule has 0 aromatic heterocycles. The number of hydrogen-bond acceptors (Lipinski definition) is 8. The summed E-state index contributed by atoms with van der Waals surface area (Å²) in [7, 11) is 1.79. The number of ether oxygens (including phenoxy) is 4. The largest absolute Gasteiger partial charge is 0.394 e. The monoisotopic (exact) mass is 591 g/mol. The lowest BCUT2D eigenvalue weighted by Crippen LogP contribution is -2.59. The third-order valence-corrected chi connectivity index (χ3v) is 13.3. The van der Waals surface area contributed by atoms with Gasteiger partial charge in [0.15, 0.2) is 12.1 Å². The molecular weight excluding hydrogens is 536 g/mol. The zero-order valence-corrected chi connectivity index (χ0v) is 26.3. The van der Waals surface area contributed by atoms with Crippen molar-refractivity contribution in [2.24, 2.45) is 46.3 Å². The van der Waals surface area contributed by atoms with Gasteiger partial charge in [-0.25, -0.2) is 0 Å². The van der Waals surface area contributed by atoms with Gasteiger partial charge < -0.3 is 39.4 Å². The van der Waals surface area contributed by atoms with E-state index in [-0.39, 0.29) is 23.4 Å². The van der Waals surface area contributed by atoms with Crippen molar-refractivity contribution in [3.8, 4) is 0 Å². The highest BCUT2D eigenvalue weighted by Crippen LogP contribution is 2.70. The van der Waals surface area contributed by atoms with E-state index in [2.05, 4.69) is 40.2 Å². The minimum Gasteiger partial charge on any atom is -0.394 e. The van der Waals surface area contributed by atoms with Crippen molar-refractivity contribution < 1.29 is 39.4 Å². The van der Waals surface area contributed by atoms with Crippen LogP contribution in [0.2, 0.25) is 0 Å². The highest BCUT2D eigenvalue weighted by molar-refractivity contribution is 5.27. The molecule has 4 N–H and O–H groups in total. The summed E-state index contributed by atoms with van der Waals surface area (Å²) in [5.74, 6) is 2.53. The molecule has 1 radical (unpaired) electrons. The van der Waals surface area contributed by atoms with Crippen LogP contribution in [0, 0.1) is 52.8 Å². The molecular formula is C34H55O8. The van der Waals surface area contributed by atoms with E-state index in [0.717, 1.165) is 31.1 Å². The van der Waals surface area contributed by atoms with Crippen molar-refractivity contribution in [1.29, 1.82) is 0 Å². The molecule has 0 bridgehead atoms. The van der Waals surface area contributed by atoms with Crippen LogP contribution >= 0.6 is 0 Å². The van der Waals surface area contributed by atoms with E-state index in [1.807, 2.05) is 0 Å². The van der Waals surface area contributed by atoms with Crippen molar-refractivity contribution in [3.63, 3.8) is 0 Å². The smallest absolute Gasteiger partial charge is 0.186 e. The van der Waals surface area contributed by atoms with Crippen molar-refractivity contribution >= 4 is 0 Å². The standard InChI is InChI=1S/C34H55O8/c1-19(18-40-31-30(38)29(37)28(36)26(17-35)41-31)11-15-34(39-5)20(2)27-25(42-34)16-24-22-10-9-21-8-6-7-13-32(21,3)23(22)12-14-33(24,27)4/h6,9,19-20,22-31,35-38H,7-8,10-18H2,1-5H3/t19-,20+,22-,23+,24+,25+,26-,27+,28-,29-,30-,31-,32+,33+,34-/m1/s1. The third-order valence-electron chi connectivity index (χ3n) is 13.3. The number of methoxy groups -OCH3 is 1. The van der Waals surface area contributed by atoms with E-state index in [0.29, 0.717) is 23.9 Å². The average molecular weight is 592 g/mol. The quantitative estimate of drug-likeness (QED) is 0.313. The van der Waals surface area contributed by atoms with Crippen LogP contribution in [0.25, 0.3) is 0 Å². The van der Waals surface area contributed by atoms with Gasteiger partial charge in [-0.15, -0.1) is 0 Å². The summed E-state index contributed by atoms with van der Waals surface area (Å²) in [6.45, 7) is 9.40. The van der Waals surface area contributed by atoms with E-state index in [4.69, 9.17) is 18.9 Å². The van der Waals surface area contributed by atoms with Crippen LogP contribution in [-0.4, -0.2) is 83.3 Å². The lowest BCUT2D eigenvalue weighted by molar-refractivity contribution is -0.303. The Morgan fingerprint density at radius 1 is 1.10 bits per heavy atom. The van der Waals surface area contributed by atoms with Gasteiger partial charge in [-0.05, 0) is 98.2 Å². The van der Waals surface area contributed by atoms with Crippen molar-refractivity contribution in [2.75, 3.05) is 20.3 Å². The van der Waals surface area contributed by atoms with E-state index < -0.39 is 43.1 Å². The van der Waals surface area contributed by atoms with E-state index in [1.165, 1.54) is 38.5 Å². The van der Waals surface area contributed by atoms with Gasteiger partial charge in [0.2, 0.25) is 0 Å². The minimum atomic E-state index is -1.43. The number of allylic oxidation sites excluding steroid dienone is 2. The molecule has 8 nitrogen and oxygen atoms in total. The molecule has 4 aliphatic carbocycles. The summed E-state index contributed by atoms with van der Waals surface area (Å²) in [5, 5.41) is 39.9. The van der Waals surface area contributed by atoms with Crippen LogP contribution in [0.5, 0.6) is 0 Å². The molecule has 0 spiro atoms. The molecule has 0 aromatic rings. The number of aliphatic hydroxyl groups is 4. The SMILES string of the molecule is CO[C@]1(CC[C@@H](C)CO[C@@H]2O[C@H](CO)[C@@H](O)[C@@H](O)[C@H]2O)O[C@H]2C[C@H]3[C@@H]4CC=C5C[CH]CC[C@]5(C)[C@H]4CC[C@]3(C)[C@H]2[C@@H]1C. The summed E-state index contributed by atoms with van der Waals surface area (Å²) >= 11 is 0. The maximum atomic E-state index is 10.3.